The zero-order valence-corrected chi connectivity index (χ0v) is 16.5. The summed E-state index contributed by atoms with van der Waals surface area (Å²) in [5, 5.41) is 28.8. The molecule has 0 heterocycles. The van der Waals surface area contributed by atoms with Gasteiger partial charge in [0.15, 0.2) is 11.5 Å². The van der Waals surface area contributed by atoms with Crippen LogP contribution in [0.5, 0.6) is 11.5 Å². The molecule has 1 aromatic carbocycles. The molecule has 0 amide bonds. The lowest BCUT2D eigenvalue weighted by Gasteiger charge is -2.18. The fourth-order valence-corrected chi connectivity index (χ4v) is 3.08. The summed E-state index contributed by atoms with van der Waals surface area (Å²) >= 11 is 0. The van der Waals surface area contributed by atoms with Crippen molar-refractivity contribution in [3.8, 4) is 11.5 Å². The average molecular weight is 403 g/mol. The molecular formula is C21H32F3NO3. The van der Waals surface area contributed by atoms with Crippen LogP contribution in [-0.2, 0) is 6.18 Å². The molecule has 1 unspecified atom stereocenters. The third-order valence-corrected chi connectivity index (χ3v) is 4.68. The zero-order valence-electron chi connectivity index (χ0n) is 16.5. The van der Waals surface area contributed by atoms with Gasteiger partial charge in [-0.25, -0.2) is 0 Å². The Kier molecular flexibility index (Phi) is 11.0. The van der Waals surface area contributed by atoms with Crippen molar-refractivity contribution in [2.75, 3.05) is 6.54 Å². The maximum Gasteiger partial charge on any atom is 0.420 e. The number of halogens is 3. The van der Waals surface area contributed by atoms with Crippen molar-refractivity contribution in [3.63, 3.8) is 0 Å². The first-order valence-corrected chi connectivity index (χ1v) is 10.1. The summed E-state index contributed by atoms with van der Waals surface area (Å²) in [6.07, 6.45) is 6.80. The van der Waals surface area contributed by atoms with E-state index in [-0.39, 0.29) is 6.54 Å². The smallest absolute Gasteiger partial charge is 0.420 e. The molecule has 7 heteroatoms. The first kappa shape index (κ1) is 24.3. The van der Waals surface area contributed by atoms with Crippen LogP contribution in [0.4, 0.5) is 13.2 Å². The molecule has 0 aliphatic carbocycles. The van der Waals surface area contributed by atoms with Crippen LogP contribution in [-0.4, -0.2) is 28.1 Å². The lowest BCUT2D eigenvalue weighted by Crippen LogP contribution is -2.14. The number of phenolic OH excluding ortho intramolecular Hbond substituents is 2. The van der Waals surface area contributed by atoms with Gasteiger partial charge in [0.25, 0.3) is 0 Å². The van der Waals surface area contributed by atoms with E-state index in [0.717, 1.165) is 31.4 Å². The first-order valence-electron chi connectivity index (χ1n) is 10.1. The standard InChI is InChI=1S/C21H32F3NO3/c1-2-3-4-5-6-7-8-9-10-11-14-25-15-18(27)16-12-13-17(26)20(28)19(16)21(22,23)24/h12-14,18,26-28H,2-11,15H2,1H3. The van der Waals surface area contributed by atoms with Gasteiger partial charge >= 0.3 is 6.18 Å². The number of phenols is 2. The number of aromatic hydroxyl groups is 2. The number of hydrogen-bond donors (Lipinski definition) is 3. The molecule has 1 atom stereocenters. The molecule has 0 radical (unpaired) electrons. The SMILES string of the molecule is CCCCCCCCCCCC=NCC(O)c1ccc(O)c(O)c1C(F)(F)F. The van der Waals surface area contributed by atoms with Crippen molar-refractivity contribution in [1.82, 2.24) is 0 Å². The summed E-state index contributed by atoms with van der Waals surface area (Å²) in [7, 11) is 0. The molecule has 0 aliphatic heterocycles. The van der Waals surface area contributed by atoms with Gasteiger partial charge in [0, 0.05) is 0 Å². The van der Waals surface area contributed by atoms with Crippen molar-refractivity contribution < 1.29 is 28.5 Å². The molecule has 4 nitrogen and oxygen atoms in total. The molecule has 0 saturated carbocycles. The Morgan fingerprint density at radius 3 is 2.11 bits per heavy atom. The minimum atomic E-state index is -4.89. The molecule has 28 heavy (non-hydrogen) atoms. The Morgan fingerprint density at radius 2 is 1.54 bits per heavy atom. The number of nitrogens with zero attached hydrogens (tertiary/aromatic N) is 1. The van der Waals surface area contributed by atoms with Crippen molar-refractivity contribution >= 4 is 6.21 Å². The largest absolute Gasteiger partial charge is 0.504 e. The first-order chi connectivity index (χ1) is 13.3. The second-order valence-electron chi connectivity index (χ2n) is 7.08. The molecule has 1 rings (SSSR count). The highest BCUT2D eigenvalue weighted by Crippen LogP contribution is 2.44. The topological polar surface area (TPSA) is 73.1 Å². The number of alkyl halides is 3. The predicted octanol–water partition coefficient (Wildman–Crippen LogP) is 6.14. The third kappa shape index (κ3) is 8.50. The molecule has 0 aromatic heterocycles. The van der Waals surface area contributed by atoms with Crippen LogP contribution in [0, 0.1) is 0 Å². The molecular weight excluding hydrogens is 371 g/mol. The van der Waals surface area contributed by atoms with Gasteiger partial charge in [-0.3, -0.25) is 4.99 Å². The summed E-state index contributed by atoms with van der Waals surface area (Å²) in [6, 6.07) is 1.88. The van der Waals surface area contributed by atoms with E-state index in [1.54, 1.807) is 6.21 Å². The molecule has 0 aliphatic rings. The van der Waals surface area contributed by atoms with Gasteiger partial charge in [0.1, 0.15) is 5.56 Å². The summed E-state index contributed by atoms with van der Waals surface area (Å²) in [4.78, 5) is 4.00. The van der Waals surface area contributed by atoms with Crippen molar-refractivity contribution in [2.45, 2.75) is 83.4 Å². The second-order valence-corrected chi connectivity index (χ2v) is 7.08. The van der Waals surface area contributed by atoms with Gasteiger partial charge in [-0.1, -0.05) is 64.4 Å². The Labute approximate surface area is 165 Å². The van der Waals surface area contributed by atoms with Crippen molar-refractivity contribution in [3.05, 3.63) is 23.3 Å². The minimum Gasteiger partial charge on any atom is -0.504 e. The molecule has 0 saturated heterocycles. The van der Waals surface area contributed by atoms with E-state index in [2.05, 4.69) is 11.9 Å². The monoisotopic (exact) mass is 403 g/mol. The molecule has 0 spiro atoms. The Morgan fingerprint density at radius 1 is 0.964 bits per heavy atom. The fourth-order valence-electron chi connectivity index (χ4n) is 3.08. The molecule has 160 valence electrons. The summed E-state index contributed by atoms with van der Waals surface area (Å²) in [5.74, 6) is -2.15. The van der Waals surface area contributed by atoms with E-state index in [1.807, 2.05) is 0 Å². The van der Waals surface area contributed by atoms with Crippen LogP contribution in [0.1, 0.15) is 88.4 Å². The van der Waals surface area contributed by atoms with Gasteiger partial charge in [-0.15, -0.1) is 0 Å². The highest BCUT2D eigenvalue weighted by atomic mass is 19.4. The summed E-state index contributed by atoms with van der Waals surface area (Å²) < 4.78 is 39.3. The molecule has 1 aromatic rings. The number of unbranched alkanes of at least 4 members (excludes halogenated alkanes) is 9. The predicted molar refractivity (Wildman–Crippen MR) is 105 cm³/mol. The normalized spacial score (nSPS) is 13.3. The van der Waals surface area contributed by atoms with E-state index >= 15 is 0 Å². The quantitative estimate of drug-likeness (QED) is 0.210. The summed E-state index contributed by atoms with van der Waals surface area (Å²) in [5.41, 5.74) is -1.92. The molecule has 0 bridgehead atoms. The van der Waals surface area contributed by atoms with Crippen molar-refractivity contribution in [1.29, 1.82) is 0 Å². The minimum absolute atomic E-state index is 0.231. The van der Waals surface area contributed by atoms with E-state index in [1.165, 1.54) is 44.9 Å². The average Bonchev–Trinajstić information content (AvgIpc) is 2.63. The van der Waals surface area contributed by atoms with E-state index in [9.17, 15) is 28.5 Å². The zero-order chi connectivity index (χ0) is 21.0. The maximum absolute atomic E-state index is 13.1. The van der Waals surface area contributed by atoms with Gasteiger partial charge in [0.05, 0.1) is 12.6 Å². The molecule has 0 fully saturated rings. The Bertz CT molecular complexity index is 603. The number of rotatable bonds is 13. The highest BCUT2D eigenvalue weighted by molar-refractivity contribution is 5.57. The second kappa shape index (κ2) is 12.6. The van der Waals surface area contributed by atoms with E-state index < -0.39 is 34.9 Å². The van der Waals surface area contributed by atoms with E-state index in [0.29, 0.717) is 0 Å². The number of benzene rings is 1. The van der Waals surface area contributed by atoms with Crippen LogP contribution in [0.25, 0.3) is 0 Å². The lowest BCUT2D eigenvalue weighted by atomic mass is 10.00. The van der Waals surface area contributed by atoms with Gasteiger partial charge in [-0.2, -0.15) is 13.2 Å². The number of aliphatic hydroxyl groups excluding tert-OH is 1. The van der Waals surface area contributed by atoms with Crippen molar-refractivity contribution in [2.24, 2.45) is 4.99 Å². The fraction of sp³-hybridized carbons (Fsp3) is 0.667. The number of aliphatic imine (C=N–C) groups is 1. The maximum atomic E-state index is 13.1. The van der Waals surface area contributed by atoms with Gasteiger partial charge in [-0.05, 0) is 30.7 Å². The van der Waals surface area contributed by atoms with Crippen LogP contribution >= 0.6 is 0 Å². The Balaban J connectivity index is 2.35. The number of hydrogen-bond acceptors (Lipinski definition) is 4. The van der Waals surface area contributed by atoms with Crippen LogP contribution in [0.15, 0.2) is 17.1 Å². The Hall–Kier alpha value is -1.76. The highest BCUT2D eigenvalue weighted by Gasteiger charge is 2.39. The third-order valence-electron chi connectivity index (χ3n) is 4.68. The number of aliphatic hydroxyl groups is 1. The van der Waals surface area contributed by atoms with Crippen LogP contribution in [0.2, 0.25) is 0 Å². The summed E-state index contributed by atoms with van der Waals surface area (Å²) in [6.45, 7) is 1.97. The van der Waals surface area contributed by atoms with Gasteiger partial charge in [0.2, 0.25) is 0 Å². The van der Waals surface area contributed by atoms with Gasteiger partial charge < -0.3 is 15.3 Å². The van der Waals surface area contributed by atoms with Crippen LogP contribution < -0.4 is 0 Å². The van der Waals surface area contributed by atoms with Crippen LogP contribution in [0.3, 0.4) is 0 Å². The van der Waals surface area contributed by atoms with E-state index in [4.69, 9.17) is 0 Å². The lowest BCUT2D eigenvalue weighted by molar-refractivity contribution is -0.140. The molecule has 3 N–H and O–H groups in total.